The Bertz CT molecular complexity index is 578. The molecular formula is C13H14N2O2S. The molecule has 1 heterocycles. The van der Waals surface area contributed by atoms with Crippen molar-refractivity contribution in [3.05, 3.63) is 40.1 Å². The van der Waals surface area contributed by atoms with E-state index < -0.39 is 0 Å². The zero-order chi connectivity index (χ0) is 13.1. The molecule has 5 heteroatoms. The number of carbonyl (C=O) groups is 1. The van der Waals surface area contributed by atoms with E-state index in [1.54, 1.807) is 25.3 Å². The summed E-state index contributed by atoms with van der Waals surface area (Å²) < 4.78 is 5.18. The summed E-state index contributed by atoms with van der Waals surface area (Å²) in [7, 11) is 1.54. The highest BCUT2D eigenvalue weighted by atomic mass is 32.1. The zero-order valence-electron chi connectivity index (χ0n) is 10.2. The van der Waals surface area contributed by atoms with Gasteiger partial charge >= 0.3 is 0 Å². The van der Waals surface area contributed by atoms with E-state index in [2.05, 4.69) is 5.32 Å². The largest absolute Gasteiger partial charge is 0.494 e. The van der Waals surface area contributed by atoms with Crippen molar-refractivity contribution in [2.75, 3.05) is 18.2 Å². The Hall–Kier alpha value is -2.01. The number of thiophene rings is 1. The summed E-state index contributed by atoms with van der Waals surface area (Å²) in [6.45, 7) is 1.91. The Morgan fingerprint density at radius 3 is 2.78 bits per heavy atom. The molecule has 1 aromatic heterocycles. The third kappa shape index (κ3) is 2.46. The third-order valence-electron chi connectivity index (χ3n) is 2.57. The first-order chi connectivity index (χ1) is 8.61. The van der Waals surface area contributed by atoms with Crippen LogP contribution in [0.15, 0.2) is 29.0 Å². The number of hydrogen-bond acceptors (Lipinski definition) is 4. The van der Waals surface area contributed by atoms with Gasteiger partial charge in [0.15, 0.2) is 0 Å². The highest BCUT2D eigenvalue weighted by Crippen LogP contribution is 2.27. The maximum atomic E-state index is 12.1. The molecule has 2 rings (SSSR count). The van der Waals surface area contributed by atoms with Crippen molar-refractivity contribution in [3.8, 4) is 5.75 Å². The smallest absolute Gasteiger partial charge is 0.256 e. The molecule has 0 saturated carbocycles. The van der Waals surface area contributed by atoms with Gasteiger partial charge in [-0.1, -0.05) is 0 Å². The summed E-state index contributed by atoms with van der Waals surface area (Å²) in [5, 5.41) is 6.59. The van der Waals surface area contributed by atoms with Gasteiger partial charge in [-0.05, 0) is 30.0 Å². The monoisotopic (exact) mass is 262 g/mol. The molecule has 94 valence electrons. The molecule has 0 atom stereocenters. The molecule has 1 aromatic carbocycles. The van der Waals surface area contributed by atoms with Gasteiger partial charge in [0.2, 0.25) is 0 Å². The van der Waals surface area contributed by atoms with Gasteiger partial charge in [0.05, 0.1) is 18.4 Å². The molecule has 0 spiro atoms. The Balaban J connectivity index is 2.24. The molecule has 2 aromatic rings. The minimum absolute atomic E-state index is 0.142. The van der Waals surface area contributed by atoms with Crippen molar-refractivity contribution in [1.29, 1.82) is 0 Å². The van der Waals surface area contributed by atoms with Crippen molar-refractivity contribution < 1.29 is 9.53 Å². The lowest BCUT2D eigenvalue weighted by Gasteiger charge is -2.10. The molecule has 0 saturated heterocycles. The quantitative estimate of drug-likeness (QED) is 0.836. The topological polar surface area (TPSA) is 64.3 Å². The predicted molar refractivity (Wildman–Crippen MR) is 74.4 cm³/mol. The van der Waals surface area contributed by atoms with Crippen molar-refractivity contribution in [1.82, 2.24) is 0 Å². The zero-order valence-corrected chi connectivity index (χ0v) is 11.0. The van der Waals surface area contributed by atoms with Crippen molar-refractivity contribution in [2.24, 2.45) is 0 Å². The number of amides is 1. The lowest BCUT2D eigenvalue weighted by atomic mass is 10.2. The van der Waals surface area contributed by atoms with Gasteiger partial charge in [0.1, 0.15) is 5.75 Å². The number of ether oxygens (including phenoxy) is 1. The summed E-state index contributed by atoms with van der Waals surface area (Å²) >= 11 is 1.51. The predicted octanol–water partition coefficient (Wildman–Crippen LogP) is 2.90. The van der Waals surface area contributed by atoms with Crippen molar-refractivity contribution in [2.45, 2.75) is 6.92 Å². The van der Waals surface area contributed by atoms with Crippen LogP contribution in [-0.4, -0.2) is 13.0 Å². The SMILES string of the molecule is COc1cc(N)ccc1NC(=O)c1cscc1C. The highest BCUT2D eigenvalue weighted by Gasteiger charge is 2.12. The Morgan fingerprint density at radius 2 is 2.17 bits per heavy atom. The van der Waals surface area contributed by atoms with E-state index in [4.69, 9.17) is 10.5 Å². The van der Waals surface area contributed by atoms with E-state index in [-0.39, 0.29) is 5.91 Å². The molecule has 0 unspecified atom stereocenters. The normalized spacial score (nSPS) is 10.1. The van der Waals surface area contributed by atoms with E-state index in [1.807, 2.05) is 17.7 Å². The highest BCUT2D eigenvalue weighted by molar-refractivity contribution is 7.08. The van der Waals surface area contributed by atoms with E-state index in [0.29, 0.717) is 22.7 Å². The molecule has 0 bridgehead atoms. The Kier molecular flexibility index (Phi) is 3.53. The van der Waals surface area contributed by atoms with Crippen LogP contribution in [0.3, 0.4) is 0 Å². The van der Waals surface area contributed by atoms with Crippen LogP contribution in [0.2, 0.25) is 0 Å². The fourth-order valence-electron chi connectivity index (χ4n) is 1.59. The molecule has 18 heavy (non-hydrogen) atoms. The Labute approximate surface area is 109 Å². The maximum absolute atomic E-state index is 12.1. The molecule has 1 amide bonds. The van der Waals surface area contributed by atoms with Crippen LogP contribution in [0.5, 0.6) is 5.75 Å². The first kappa shape index (κ1) is 12.4. The van der Waals surface area contributed by atoms with Gasteiger partial charge in [-0.15, -0.1) is 0 Å². The summed E-state index contributed by atoms with van der Waals surface area (Å²) in [6, 6.07) is 5.13. The van der Waals surface area contributed by atoms with E-state index in [0.717, 1.165) is 5.56 Å². The minimum Gasteiger partial charge on any atom is -0.494 e. The number of nitrogens with one attached hydrogen (secondary N) is 1. The molecular weight excluding hydrogens is 248 g/mol. The average molecular weight is 262 g/mol. The Morgan fingerprint density at radius 1 is 1.39 bits per heavy atom. The maximum Gasteiger partial charge on any atom is 0.256 e. The second-order valence-electron chi connectivity index (χ2n) is 3.88. The van der Waals surface area contributed by atoms with Gasteiger partial charge in [-0.25, -0.2) is 0 Å². The standard InChI is InChI=1S/C13H14N2O2S/c1-8-6-18-7-10(8)13(16)15-11-4-3-9(14)5-12(11)17-2/h3-7H,14H2,1-2H3,(H,15,16). The van der Waals surface area contributed by atoms with Crippen LogP contribution < -0.4 is 15.8 Å². The lowest BCUT2D eigenvalue weighted by molar-refractivity contribution is 0.102. The van der Waals surface area contributed by atoms with Crippen LogP contribution >= 0.6 is 11.3 Å². The van der Waals surface area contributed by atoms with Gasteiger partial charge in [-0.2, -0.15) is 11.3 Å². The minimum atomic E-state index is -0.142. The lowest BCUT2D eigenvalue weighted by Crippen LogP contribution is -2.12. The van der Waals surface area contributed by atoms with E-state index in [9.17, 15) is 4.79 Å². The van der Waals surface area contributed by atoms with Crippen LogP contribution in [0.1, 0.15) is 15.9 Å². The second kappa shape index (κ2) is 5.10. The summed E-state index contributed by atoms with van der Waals surface area (Å²) in [5.74, 6) is 0.410. The summed E-state index contributed by atoms with van der Waals surface area (Å²) in [5.41, 5.74) is 8.51. The molecule has 0 aliphatic rings. The van der Waals surface area contributed by atoms with Crippen molar-refractivity contribution >= 4 is 28.6 Å². The summed E-state index contributed by atoms with van der Waals surface area (Å²) in [6.07, 6.45) is 0. The number of anilines is 2. The summed E-state index contributed by atoms with van der Waals surface area (Å²) in [4.78, 5) is 12.1. The number of hydrogen-bond donors (Lipinski definition) is 2. The fourth-order valence-corrected chi connectivity index (χ4v) is 2.42. The number of benzene rings is 1. The fraction of sp³-hybridized carbons (Fsp3) is 0.154. The molecule has 4 nitrogen and oxygen atoms in total. The first-order valence-corrected chi connectivity index (χ1v) is 6.33. The number of nitrogens with two attached hydrogens (primary N) is 1. The molecule has 3 N–H and O–H groups in total. The van der Waals surface area contributed by atoms with Crippen LogP contribution in [0.4, 0.5) is 11.4 Å². The van der Waals surface area contributed by atoms with Crippen LogP contribution in [0, 0.1) is 6.92 Å². The van der Waals surface area contributed by atoms with Crippen molar-refractivity contribution in [3.63, 3.8) is 0 Å². The van der Waals surface area contributed by atoms with Gasteiger partial charge in [0, 0.05) is 17.1 Å². The number of methoxy groups -OCH3 is 1. The van der Waals surface area contributed by atoms with Crippen LogP contribution in [0.25, 0.3) is 0 Å². The average Bonchev–Trinajstić information content (AvgIpc) is 2.77. The number of nitrogen functional groups attached to an aromatic ring is 1. The number of rotatable bonds is 3. The van der Waals surface area contributed by atoms with E-state index >= 15 is 0 Å². The third-order valence-corrected chi connectivity index (χ3v) is 3.44. The van der Waals surface area contributed by atoms with Gasteiger partial charge in [-0.3, -0.25) is 4.79 Å². The number of carbonyl (C=O) groups excluding carboxylic acids is 1. The number of aryl methyl sites for hydroxylation is 1. The van der Waals surface area contributed by atoms with Gasteiger partial charge < -0.3 is 15.8 Å². The molecule has 0 aliphatic carbocycles. The van der Waals surface area contributed by atoms with Gasteiger partial charge in [0.25, 0.3) is 5.91 Å². The molecule has 0 radical (unpaired) electrons. The van der Waals surface area contributed by atoms with E-state index in [1.165, 1.54) is 11.3 Å². The molecule has 0 aliphatic heterocycles. The first-order valence-electron chi connectivity index (χ1n) is 5.39. The molecule has 0 fully saturated rings. The van der Waals surface area contributed by atoms with Crippen LogP contribution in [-0.2, 0) is 0 Å². The second-order valence-corrected chi connectivity index (χ2v) is 4.63.